The van der Waals surface area contributed by atoms with Crippen LogP contribution in [0.5, 0.6) is 0 Å². The summed E-state index contributed by atoms with van der Waals surface area (Å²) in [5.74, 6) is 5.43. The van der Waals surface area contributed by atoms with Gasteiger partial charge in [0.1, 0.15) is 0 Å². The van der Waals surface area contributed by atoms with Gasteiger partial charge in [0.2, 0.25) is 0 Å². The number of benzene rings is 1. The molecule has 0 aliphatic rings. The van der Waals surface area contributed by atoms with Crippen LogP contribution < -0.4 is 0 Å². The SMILES string of the molecule is O=C(O)Cc1ccc(C#CCS)cc1. The minimum atomic E-state index is -0.820. The Kier molecular flexibility index (Phi) is 4.09. The van der Waals surface area contributed by atoms with Crippen molar-refractivity contribution in [2.24, 2.45) is 0 Å². The van der Waals surface area contributed by atoms with Gasteiger partial charge in [-0.2, -0.15) is 12.6 Å². The summed E-state index contributed by atoms with van der Waals surface area (Å²) in [5, 5.41) is 8.54. The molecule has 0 aliphatic carbocycles. The third kappa shape index (κ3) is 3.55. The smallest absolute Gasteiger partial charge is 0.307 e. The highest BCUT2D eigenvalue weighted by atomic mass is 32.1. The number of rotatable bonds is 2. The van der Waals surface area contributed by atoms with Crippen LogP contribution in [0, 0.1) is 11.8 Å². The highest BCUT2D eigenvalue weighted by molar-refractivity contribution is 7.80. The van der Waals surface area contributed by atoms with E-state index in [0.29, 0.717) is 5.75 Å². The predicted octanol–water partition coefficient (Wildman–Crippen LogP) is 1.60. The van der Waals surface area contributed by atoms with Crippen LogP contribution in [0.15, 0.2) is 24.3 Å². The van der Waals surface area contributed by atoms with Crippen LogP contribution in [-0.4, -0.2) is 16.8 Å². The molecule has 0 atom stereocenters. The lowest BCUT2D eigenvalue weighted by Gasteiger charge is -1.96. The molecule has 1 aromatic rings. The highest BCUT2D eigenvalue weighted by Crippen LogP contribution is 2.03. The van der Waals surface area contributed by atoms with E-state index in [-0.39, 0.29) is 6.42 Å². The van der Waals surface area contributed by atoms with Crippen molar-refractivity contribution in [3.8, 4) is 11.8 Å². The third-order valence-electron chi connectivity index (χ3n) is 1.62. The second-order valence-corrected chi connectivity index (χ2v) is 3.04. The number of carboxylic acids is 1. The number of aliphatic carboxylic acids is 1. The van der Waals surface area contributed by atoms with Gasteiger partial charge in [-0.15, -0.1) is 0 Å². The van der Waals surface area contributed by atoms with E-state index in [2.05, 4.69) is 24.5 Å². The van der Waals surface area contributed by atoms with Crippen molar-refractivity contribution in [3.05, 3.63) is 35.4 Å². The Morgan fingerprint density at radius 3 is 2.50 bits per heavy atom. The number of hydrogen-bond acceptors (Lipinski definition) is 2. The molecule has 0 spiro atoms. The quantitative estimate of drug-likeness (QED) is 0.569. The molecule has 0 amide bonds. The average molecular weight is 206 g/mol. The van der Waals surface area contributed by atoms with Gasteiger partial charge in [0.25, 0.3) is 0 Å². The van der Waals surface area contributed by atoms with Crippen LogP contribution in [-0.2, 0) is 11.2 Å². The van der Waals surface area contributed by atoms with Gasteiger partial charge in [0, 0.05) is 5.56 Å². The molecule has 0 fully saturated rings. The third-order valence-corrected chi connectivity index (χ3v) is 1.78. The molecule has 0 heterocycles. The fraction of sp³-hybridized carbons (Fsp3) is 0.182. The van der Waals surface area contributed by atoms with E-state index >= 15 is 0 Å². The Bertz CT molecular complexity index is 371. The van der Waals surface area contributed by atoms with Crippen molar-refractivity contribution in [2.45, 2.75) is 6.42 Å². The Morgan fingerprint density at radius 2 is 2.00 bits per heavy atom. The summed E-state index contributed by atoms with van der Waals surface area (Å²) in [6, 6.07) is 7.18. The molecule has 0 saturated heterocycles. The second kappa shape index (κ2) is 5.36. The van der Waals surface area contributed by atoms with E-state index in [4.69, 9.17) is 5.11 Å². The lowest BCUT2D eigenvalue weighted by molar-refractivity contribution is -0.136. The first-order valence-electron chi connectivity index (χ1n) is 4.13. The van der Waals surface area contributed by atoms with Crippen LogP contribution in [0.3, 0.4) is 0 Å². The lowest BCUT2D eigenvalue weighted by atomic mass is 10.1. The van der Waals surface area contributed by atoms with E-state index in [1.807, 2.05) is 12.1 Å². The summed E-state index contributed by atoms with van der Waals surface area (Å²) in [5.41, 5.74) is 1.67. The molecule has 14 heavy (non-hydrogen) atoms. The molecule has 1 rings (SSSR count). The van der Waals surface area contributed by atoms with Crippen molar-refractivity contribution < 1.29 is 9.90 Å². The van der Waals surface area contributed by atoms with Crippen LogP contribution in [0.1, 0.15) is 11.1 Å². The van der Waals surface area contributed by atoms with Gasteiger partial charge in [-0.25, -0.2) is 0 Å². The first-order chi connectivity index (χ1) is 6.72. The number of thiol groups is 1. The lowest BCUT2D eigenvalue weighted by Crippen LogP contribution is -1.99. The summed E-state index contributed by atoms with van der Waals surface area (Å²) in [7, 11) is 0. The molecule has 3 heteroatoms. The minimum absolute atomic E-state index is 0.0558. The maximum absolute atomic E-state index is 10.4. The second-order valence-electron chi connectivity index (χ2n) is 2.73. The van der Waals surface area contributed by atoms with E-state index < -0.39 is 5.97 Å². The number of hydrogen-bond donors (Lipinski definition) is 2. The molecule has 0 bridgehead atoms. The van der Waals surface area contributed by atoms with Crippen molar-refractivity contribution in [2.75, 3.05) is 5.75 Å². The zero-order valence-corrected chi connectivity index (χ0v) is 8.42. The van der Waals surface area contributed by atoms with Crippen LogP contribution in [0.25, 0.3) is 0 Å². The summed E-state index contributed by atoms with van der Waals surface area (Å²) in [6.45, 7) is 0. The van der Waals surface area contributed by atoms with Crippen LogP contribution >= 0.6 is 12.6 Å². The molecule has 2 nitrogen and oxygen atoms in total. The van der Waals surface area contributed by atoms with Gasteiger partial charge in [-0.1, -0.05) is 24.0 Å². The summed E-state index contributed by atoms with van der Waals surface area (Å²) < 4.78 is 0. The summed E-state index contributed by atoms with van der Waals surface area (Å²) in [6.07, 6.45) is 0.0558. The largest absolute Gasteiger partial charge is 0.481 e. The molecule has 0 aromatic heterocycles. The van der Waals surface area contributed by atoms with Gasteiger partial charge >= 0.3 is 5.97 Å². The van der Waals surface area contributed by atoms with Gasteiger partial charge in [-0.05, 0) is 17.7 Å². The molecule has 72 valence electrons. The molecule has 1 aromatic carbocycles. The van der Waals surface area contributed by atoms with Gasteiger partial charge in [0.15, 0.2) is 0 Å². The van der Waals surface area contributed by atoms with Gasteiger partial charge < -0.3 is 5.11 Å². The fourth-order valence-electron chi connectivity index (χ4n) is 1.02. The predicted molar refractivity (Wildman–Crippen MR) is 58.5 cm³/mol. The van der Waals surface area contributed by atoms with E-state index in [1.165, 1.54) is 0 Å². The minimum Gasteiger partial charge on any atom is -0.481 e. The summed E-state index contributed by atoms with van der Waals surface area (Å²) in [4.78, 5) is 10.4. The normalized spacial score (nSPS) is 8.93. The Labute approximate surface area is 88.4 Å². The van der Waals surface area contributed by atoms with Crippen molar-refractivity contribution in [1.29, 1.82) is 0 Å². The maximum Gasteiger partial charge on any atom is 0.307 e. The van der Waals surface area contributed by atoms with E-state index in [1.54, 1.807) is 12.1 Å². The van der Waals surface area contributed by atoms with Crippen molar-refractivity contribution in [1.82, 2.24) is 0 Å². The first kappa shape index (κ1) is 10.7. The number of carbonyl (C=O) groups is 1. The zero-order chi connectivity index (χ0) is 10.4. The molecule has 0 aliphatic heterocycles. The topological polar surface area (TPSA) is 37.3 Å². The van der Waals surface area contributed by atoms with E-state index in [0.717, 1.165) is 11.1 Å². The zero-order valence-electron chi connectivity index (χ0n) is 7.53. The molecule has 0 saturated carbocycles. The average Bonchev–Trinajstić information content (AvgIpc) is 2.16. The first-order valence-corrected chi connectivity index (χ1v) is 4.76. The molecule has 0 radical (unpaired) electrons. The Hall–Kier alpha value is -1.40. The molecular weight excluding hydrogens is 196 g/mol. The van der Waals surface area contributed by atoms with Gasteiger partial charge in [-0.3, -0.25) is 4.79 Å². The van der Waals surface area contributed by atoms with Crippen molar-refractivity contribution >= 4 is 18.6 Å². The standard InChI is InChI=1S/C11H10O2S/c12-11(13)8-10-5-3-9(4-6-10)2-1-7-14/h3-6,14H,7-8H2,(H,12,13). The molecule has 0 unspecified atom stereocenters. The highest BCUT2D eigenvalue weighted by Gasteiger charge is 1.98. The Balaban J connectivity index is 2.73. The monoisotopic (exact) mass is 206 g/mol. The molecular formula is C11H10O2S. The van der Waals surface area contributed by atoms with Crippen molar-refractivity contribution in [3.63, 3.8) is 0 Å². The fourth-order valence-corrected chi connectivity index (χ4v) is 1.10. The number of carboxylic acid groups (broad SMARTS) is 1. The maximum atomic E-state index is 10.4. The van der Waals surface area contributed by atoms with Crippen LogP contribution in [0.4, 0.5) is 0 Å². The molecule has 1 N–H and O–H groups in total. The summed E-state index contributed by atoms with van der Waals surface area (Å²) >= 11 is 3.97. The van der Waals surface area contributed by atoms with Gasteiger partial charge in [0.05, 0.1) is 12.2 Å². The van der Waals surface area contributed by atoms with Crippen LogP contribution in [0.2, 0.25) is 0 Å². The van der Waals surface area contributed by atoms with E-state index in [9.17, 15) is 4.79 Å². The Morgan fingerprint density at radius 1 is 1.36 bits per heavy atom.